The largest absolute Gasteiger partial charge is 0.487 e. The molecular weight excluding hydrogens is 471 g/mol. The van der Waals surface area contributed by atoms with Crippen molar-refractivity contribution in [3.8, 4) is 11.6 Å². The van der Waals surface area contributed by atoms with Gasteiger partial charge in [-0.2, -0.15) is 0 Å². The zero-order chi connectivity index (χ0) is 23.7. The standard InChI is InChI=1S/C23H22Cl2N2O6/c1-12-8-16(24)21(17(25)9-12)33-7-6-32-19-5-2-13(11-26-19)15-10-14-3-4-18(20(15)22(28)29)27(14)23(30)31/h2,5,8-9,11,14,18H,3-4,6-7,10H2,1H3,(H,28,29)(H,30,31)/t14-,18+/m0/s1. The van der Waals surface area contributed by atoms with E-state index in [9.17, 15) is 19.8 Å². The topological polar surface area (TPSA) is 109 Å². The summed E-state index contributed by atoms with van der Waals surface area (Å²) in [5, 5.41) is 20.1. The number of aryl methyl sites for hydroxylation is 1. The molecule has 1 aromatic heterocycles. The third-order valence-corrected chi connectivity index (χ3v) is 6.42. The van der Waals surface area contributed by atoms with Gasteiger partial charge in [-0.25, -0.2) is 14.6 Å². The molecule has 2 atom stereocenters. The van der Waals surface area contributed by atoms with Crippen LogP contribution < -0.4 is 9.47 Å². The zero-order valence-corrected chi connectivity index (χ0v) is 19.3. The Balaban J connectivity index is 1.42. The van der Waals surface area contributed by atoms with Gasteiger partial charge in [0.1, 0.15) is 13.2 Å². The zero-order valence-electron chi connectivity index (χ0n) is 17.8. The molecular formula is C23H22Cl2N2O6. The van der Waals surface area contributed by atoms with E-state index in [2.05, 4.69) is 4.98 Å². The summed E-state index contributed by atoms with van der Waals surface area (Å²) in [6.45, 7) is 2.29. The second-order valence-electron chi connectivity index (χ2n) is 7.98. The maximum absolute atomic E-state index is 12.0. The number of carbonyl (C=O) groups is 2. The molecule has 1 amide bonds. The van der Waals surface area contributed by atoms with Gasteiger partial charge in [0.25, 0.3) is 0 Å². The van der Waals surface area contributed by atoms with Gasteiger partial charge in [-0.05, 0) is 61.1 Å². The van der Waals surface area contributed by atoms with E-state index in [4.69, 9.17) is 32.7 Å². The fraction of sp³-hybridized carbons (Fsp3) is 0.348. The molecule has 1 saturated heterocycles. The number of rotatable bonds is 7. The van der Waals surface area contributed by atoms with Crippen LogP contribution in [0.25, 0.3) is 5.57 Å². The lowest BCUT2D eigenvalue weighted by Gasteiger charge is -2.34. The number of carboxylic acids is 1. The molecule has 174 valence electrons. The Morgan fingerprint density at radius 3 is 2.42 bits per heavy atom. The molecule has 1 aromatic carbocycles. The highest BCUT2D eigenvalue weighted by Crippen LogP contribution is 2.43. The summed E-state index contributed by atoms with van der Waals surface area (Å²) >= 11 is 12.3. The number of benzene rings is 1. The predicted molar refractivity (Wildman–Crippen MR) is 122 cm³/mol. The summed E-state index contributed by atoms with van der Waals surface area (Å²) in [5.41, 5.74) is 2.33. The first kappa shape index (κ1) is 23.2. The highest BCUT2D eigenvalue weighted by atomic mass is 35.5. The number of carboxylic acid groups (broad SMARTS) is 2. The summed E-state index contributed by atoms with van der Waals surface area (Å²) in [5.74, 6) is -0.356. The van der Waals surface area contributed by atoms with Crippen molar-refractivity contribution < 1.29 is 29.3 Å². The minimum Gasteiger partial charge on any atom is -0.487 e. The first-order valence-corrected chi connectivity index (χ1v) is 11.2. The van der Waals surface area contributed by atoms with Gasteiger partial charge in [-0.1, -0.05) is 23.2 Å². The van der Waals surface area contributed by atoms with Crippen molar-refractivity contribution in [3.05, 3.63) is 57.2 Å². The van der Waals surface area contributed by atoms with Gasteiger partial charge in [0, 0.05) is 18.3 Å². The lowest BCUT2D eigenvalue weighted by molar-refractivity contribution is -0.133. The van der Waals surface area contributed by atoms with Crippen LogP contribution in [0, 0.1) is 6.92 Å². The van der Waals surface area contributed by atoms with Crippen LogP contribution in [0.2, 0.25) is 10.0 Å². The van der Waals surface area contributed by atoms with Crippen molar-refractivity contribution in [3.63, 3.8) is 0 Å². The molecule has 3 heterocycles. The number of nitrogens with zero attached hydrogens (tertiary/aromatic N) is 2. The molecule has 2 aliphatic rings. The van der Waals surface area contributed by atoms with Crippen molar-refractivity contribution in [2.24, 2.45) is 0 Å². The Bertz CT molecular complexity index is 1100. The van der Waals surface area contributed by atoms with Crippen LogP contribution in [-0.4, -0.2) is 57.5 Å². The SMILES string of the molecule is Cc1cc(Cl)c(OCCOc2ccc(C3=C(C(=O)O)[C@H]4CC[C@@H](C3)N4C(=O)O)cn2)c(Cl)c1. The first-order chi connectivity index (χ1) is 15.8. The molecule has 2 aliphatic heterocycles. The molecule has 0 unspecified atom stereocenters. The Labute approximate surface area is 200 Å². The Morgan fingerprint density at radius 1 is 1.12 bits per heavy atom. The van der Waals surface area contributed by atoms with Crippen LogP contribution in [-0.2, 0) is 4.79 Å². The number of aromatic nitrogens is 1. The maximum Gasteiger partial charge on any atom is 0.408 e. The second-order valence-corrected chi connectivity index (χ2v) is 8.79. The summed E-state index contributed by atoms with van der Waals surface area (Å²) in [6.07, 6.45) is 1.96. The van der Waals surface area contributed by atoms with Gasteiger partial charge in [-0.15, -0.1) is 0 Å². The number of halogens is 2. The third-order valence-electron chi connectivity index (χ3n) is 5.86. The molecule has 4 rings (SSSR count). The molecule has 10 heteroatoms. The quantitative estimate of drug-likeness (QED) is 0.528. The van der Waals surface area contributed by atoms with Gasteiger partial charge in [-0.3, -0.25) is 4.90 Å². The van der Waals surface area contributed by atoms with Crippen molar-refractivity contribution in [2.45, 2.75) is 38.3 Å². The summed E-state index contributed by atoms with van der Waals surface area (Å²) in [7, 11) is 0. The number of fused-ring (bicyclic) bond motifs is 2. The molecule has 1 fully saturated rings. The Kier molecular flexibility index (Phi) is 6.67. The molecule has 8 nitrogen and oxygen atoms in total. The fourth-order valence-electron chi connectivity index (χ4n) is 4.51. The number of aliphatic carboxylic acids is 1. The van der Waals surface area contributed by atoms with Crippen LogP contribution in [0.3, 0.4) is 0 Å². The average Bonchev–Trinajstić information content (AvgIpc) is 3.06. The van der Waals surface area contributed by atoms with E-state index in [0.717, 1.165) is 5.56 Å². The number of amides is 1. The summed E-state index contributed by atoms with van der Waals surface area (Å²) in [6, 6.07) is 6.06. The fourth-order valence-corrected chi connectivity index (χ4v) is 5.21. The van der Waals surface area contributed by atoms with Crippen LogP contribution in [0.4, 0.5) is 4.79 Å². The monoisotopic (exact) mass is 492 g/mol. The maximum atomic E-state index is 12.0. The van der Waals surface area contributed by atoms with E-state index in [1.165, 1.54) is 4.90 Å². The van der Waals surface area contributed by atoms with Crippen molar-refractivity contribution >= 4 is 40.8 Å². The number of hydrogen-bond acceptors (Lipinski definition) is 5. The highest BCUT2D eigenvalue weighted by Gasteiger charge is 2.46. The Hall–Kier alpha value is -2.97. The molecule has 0 radical (unpaired) electrons. The molecule has 2 bridgehead atoms. The van der Waals surface area contributed by atoms with Gasteiger partial charge in [0.05, 0.1) is 21.7 Å². The van der Waals surface area contributed by atoms with E-state index >= 15 is 0 Å². The molecule has 0 saturated carbocycles. The minimum atomic E-state index is -1.10. The predicted octanol–water partition coefficient (Wildman–Crippen LogP) is 4.91. The highest BCUT2D eigenvalue weighted by molar-refractivity contribution is 6.37. The van der Waals surface area contributed by atoms with Gasteiger partial charge in [0.2, 0.25) is 5.88 Å². The Morgan fingerprint density at radius 2 is 1.82 bits per heavy atom. The lowest BCUT2D eigenvalue weighted by atomic mass is 9.89. The molecule has 2 N–H and O–H groups in total. The number of pyridine rings is 1. The molecule has 33 heavy (non-hydrogen) atoms. The van der Waals surface area contributed by atoms with Crippen molar-refractivity contribution in [1.29, 1.82) is 0 Å². The summed E-state index contributed by atoms with van der Waals surface area (Å²) < 4.78 is 11.2. The first-order valence-electron chi connectivity index (χ1n) is 10.4. The summed E-state index contributed by atoms with van der Waals surface area (Å²) in [4.78, 5) is 29.1. The van der Waals surface area contributed by atoms with Crippen molar-refractivity contribution in [2.75, 3.05) is 13.2 Å². The number of ether oxygens (including phenoxy) is 2. The minimum absolute atomic E-state index is 0.127. The third kappa shape index (κ3) is 4.72. The smallest absolute Gasteiger partial charge is 0.408 e. The van der Waals surface area contributed by atoms with Crippen LogP contribution in [0.5, 0.6) is 11.6 Å². The van der Waals surface area contributed by atoms with Gasteiger partial charge < -0.3 is 19.7 Å². The average molecular weight is 493 g/mol. The van der Waals surface area contributed by atoms with E-state index < -0.39 is 18.1 Å². The van der Waals surface area contributed by atoms with Gasteiger partial charge in [0.15, 0.2) is 5.75 Å². The van der Waals surface area contributed by atoms with E-state index in [1.807, 2.05) is 6.92 Å². The normalized spacial score (nSPS) is 19.5. The second kappa shape index (κ2) is 9.49. The molecule has 0 spiro atoms. The molecule has 2 aromatic rings. The van der Waals surface area contributed by atoms with Crippen LogP contribution in [0.1, 0.15) is 30.4 Å². The van der Waals surface area contributed by atoms with Crippen LogP contribution in [0.15, 0.2) is 36.0 Å². The van der Waals surface area contributed by atoms with E-state index in [1.54, 1.807) is 30.5 Å². The van der Waals surface area contributed by atoms with E-state index in [0.29, 0.717) is 52.1 Å². The van der Waals surface area contributed by atoms with E-state index in [-0.39, 0.29) is 24.8 Å². The van der Waals surface area contributed by atoms with Crippen LogP contribution >= 0.6 is 23.2 Å². The molecule has 0 aliphatic carbocycles. The number of hydrogen-bond donors (Lipinski definition) is 2. The van der Waals surface area contributed by atoms with Gasteiger partial charge >= 0.3 is 12.1 Å². The lowest BCUT2D eigenvalue weighted by Crippen LogP contribution is -2.45. The van der Waals surface area contributed by atoms with Crippen molar-refractivity contribution in [1.82, 2.24) is 9.88 Å².